The SMILES string of the molecule is Cc1ccc2c(c1)N(c1ccc(C(N)=O)cc1)C=C(C#N)S2(=O)=O. The molecule has 0 bridgehead atoms. The number of rotatable bonds is 2. The normalized spacial score (nSPS) is 15.2. The van der Waals surface area contributed by atoms with E-state index in [1.807, 2.05) is 6.92 Å². The summed E-state index contributed by atoms with van der Waals surface area (Å²) in [6.45, 7) is 1.85. The molecule has 1 aliphatic rings. The lowest BCUT2D eigenvalue weighted by Gasteiger charge is -2.28. The van der Waals surface area contributed by atoms with E-state index in [4.69, 9.17) is 5.73 Å². The van der Waals surface area contributed by atoms with E-state index in [0.29, 0.717) is 16.9 Å². The third kappa shape index (κ3) is 2.43. The van der Waals surface area contributed by atoms with Crippen LogP contribution in [0.3, 0.4) is 0 Å². The molecule has 3 rings (SSSR count). The lowest BCUT2D eigenvalue weighted by Crippen LogP contribution is -2.21. The van der Waals surface area contributed by atoms with E-state index >= 15 is 0 Å². The van der Waals surface area contributed by atoms with E-state index < -0.39 is 15.7 Å². The van der Waals surface area contributed by atoms with Crippen molar-refractivity contribution in [2.45, 2.75) is 11.8 Å². The van der Waals surface area contributed by atoms with Gasteiger partial charge in [-0.1, -0.05) is 6.07 Å². The van der Waals surface area contributed by atoms with Gasteiger partial charge in [-0.25, -0.2) is 8.42 Å². The van der Waals surface area contributed by atoms with Crippen molar-refractivity contribution in [3.8, 4) is 6.07 Å². The molecule has 7 heteroatoms. The molecule has 0 aromatic heterocycles. The third-order valence-corrected chi connectivity index (χ3v) is 5.44. The average Bonchev–Trinajstić information content (AvgIpc) is 2.55. The number of nitrogens with zero attached hydrogens (tertiary/aromatic N) is 2. The maximum Gasteiger partial charge on any atom is 0.248 e. The molecule has 1 amide bonds. The molecule has 0 atom stereocenters. The van der Waals surface area contributed by atoms with Crippen LogP contribution in [-0.4, -0.2) is 14.3 Å². The Morgan fingerprint density at radius 1 is 1.17 bits per heavy atom. The Kier molecular flexibility index (Phi) is 3.62. The highest BCUT2D eigenvalue weighted by Crippen LogP contribution is 2.39. The molecule has 0 saturated carbocycles. The number of fused-ring (bicyclic) bond motifs is 1. The smallest absolute Gasteiger partial charge is 0.248 e. The number of aryl methyl sites for hydroxylation is 1. The van der Waals surface area contributed by atoms with Gasteiger partial charge in [0.05, 0.1) is 10.6 Å². The summed E-state index contributed by atoms with van der Waals surface area (Å²) in [7, 11) is -3.83. The van der Waals surface area contributed by atoms with Crippen molar-refractivity contribution < 1.29 is 13.2 Å². The summed E-state index contributed by atoms with van der Waals surface area (Å²) in [5.74, 6) is -0.549. The fourth-order valence-corrected chi connectivity index (χ4v) is 3.79. The van der Waals surface area contributed by atoms with Crippen LogP contribution < -0.4 is 10.6 Å². The molecule has 2 aromatic carbocycles. The molecule has 2 aromatic rings. The highest BCUT2D eigenvalue weighted by atomic mass is 32.2. The fraction of sp³-hybridized carbons (Fsp3) is 0.0588. The van der Waals surface area contributed by atoms with Crippen molar-refractivity contribution in [2.24, 2.45) is 5.73 Å². The first-order chi connectivity index (χ1) is 11.3. The number of anilines is 2. The maximum atomic E-state index is 12.5. The molecular weight excluding hydrogens is 326 g/mol. The number of benzene rings is 2. The molecule has 0 unspecified atom stereocenters. The summed E-state index contributed by atoms with van der Waals surface area (Å²) < 4.78 is 25.0. The number of primary amides is 1. The number of hydrogen-bond donors (Lipinski definition) is 1. The molecule has 1 heterocycles. The van der Waals surface area contributed by atoms with Gasteiger partial charge < -0.3 is 10.6 Å². The van der Waals surface area contributed by atoms with E-state index in [1.54, 1.807) is 47.4 Å². The molecule has 1 aliphatic heterocycles. The molecule has 0 fully saturated rings. The predicted molar refractivity (Wildman–Crippen MR) is 89.2 cm³/mol. The lowest BCUT2D eigenvalue weighted by molar-refractivity contribution is 0.100. The quantitative estimate of drug-likeness (QED) is 0.904. The van der Waals surface area contributed by atoms with Crippen LogP contribution >= 0.6 is 0 Å². The lowest BCUT2D eigenvalue weighted by atomic mass is 10.1. The van der Waals surface area contributed by atoms with Gasteiger partial charge in [-0.15, -0.1) is 0 Å². The molecule has 24 heavy (non-hydrogen) atoms. The van der Waals surface area contributed by atoms with Crippen LogP contribution in [0.5, 0.6) is 0 Å². The summed E-state index contributed by atoms with van der Waals surface area (Å²) in [4.78, 5) is 12.5. The second kappa shape index (κ2) is 5.51. The summed E-state index contributed by atoms with van der Waals surface area (Å²) in [6, 6.07) is 13.1. The molecule has 0 aliphatic carbocycles. The first-order valence-electron chi connectivity index (χ1n) is 7.01. The minimum atomic E-state index is -3.83. The van der Waals surface area contributed by atoms with Crippen molar-refractivity contribution >= 4 is 27.1 Å². The van der Waals surface area contributed by atoms with Crippen LogP contribution in [0.15, 0.2) is 58.5 Å². The number of carbonyl (C=O) groups is 1. The Morgan fingerprint density at radius 3 is 2.42 bits per heavy atom. The molecule has 0 saturated heterocycles. The summed E-state index contributed by atoms with van der Waals surface area (Å²) in [5, 5.41) is 9.20. The molecule has 0 radical (unpaired) electrons. The summed E-state index contributed by atoms with van der Waals surface area (Å²) in [6.07, 6.45) is 1.29. The van der Waals surface area contributed by atoms with Crippen molar-refractivity contribution in [1.29, 1.82) is 5.26 Å². The topological polar surface area (TPSA) is 104 Å². The van der Waals surface area contributed by atoms with Crippen molar-refractivity contribution in [3.05, 3.63) is 64.7 Å². The van der Waals surface area contributed by atoms with Crippen LogP contribution in [0.1, 0.15) is 15.9 Å². The largest absolute Gasteiger partial charge is 0.366 e. The van der Waals surface area contributed by atoms with E-state index in [9.17, 15) is 18.5 Å². The maximum absolute atomic E-state index is 12.5. The first kappa shape index (κ1) is 15.8. The number of hydrogen-bond acceptors (Lipinski definition) is 5. The van der Waals surface area contributed by atoms with Gasteiger partial charge in [0.1, 0.15) is 6.07 Å². The van der Waals surface area contributed by atoms with E-state index in [0.717, 1.165) is 5.56 Å². The van der Waals surface area contributed by atoms with Gasteiger partial charge in [0, 0.05) is 17.5 Å². The number of sulfone groups is 1. The standard InChI is InChI=1S/C17H13N3O3S/c1-11-2-7-16-15(8-11)20(10-14(9-18)24(16,22)23)13-5-3-12(4-6-13)17(19)21/h2-8,10H,1H3,(H2,19,21). The Hall–Kier alpha value is -3.11. The van der Waals surface area contributed by atoms with Crippen molar-refractivity contribution in [2.75, 3.05) is 4.90 Å². The molecule has 6 nitrogen and oxygen atoms in total. The Labute approximate surface area is 139 Å². The number of carbonyl (C=O) groups excluding carboxylic acids is 1. The minimum absolute atomic E-state index is 0.0751. The van der Waals surface area contributed by atoms with Gasteiger partial charge in [-0.05, 0) is 48.9 Å². The molecular formula is C17H13N3O3S. The third-order valence-electron chi connectivity index (χ3n) is 3.74. The number of amides is 1. The second-order valence-corrected chi connectivity index (χ2v) is 7.25. The summed E-state index contributed by atoms with van der Waals surface area (Å²) >= 11 is 0. The van der Waals surface area contributed by atoms with Gasteiger partial charge in [0.25, 0.3) is 0 Å². The van der Waals surface area contributed by atoms with Gasteiger partial charge in [0.2, 0.25) is 15.7 Å². The predicted octanol–water partition coefficient (Wildman–Crippen LogP) is 2.38. The van der Waals surface area contributed by atoms with Crippen molar-refractivity contribution in [3.63, 3.8) is 0 Å². The average molecular weight is 339 g/mol. The minimum Gasteiger partial charge on any atom is -0.366 e. The zero-order chi connectivity index (χ0) is 17.5. The van der Waals surface area contributed by atoms with Crippen LogP contribution in [0.4, 0.5) is 11.4 Å². The Morgan fingerprint density at radius 2 is 1.83 bits per heavy atom. The van der Waals surface area contributed by atoms with Gasteiger partial charge in [0.15, 0.2) is 4.91 Å². The monoisotopic (exact) mass is 339 g/mol. The Bertz CT molecular complexity index is 1020. The highest BCUT2D eigenvalue weighted by Gasteiger charge is 2.32. The Balaban J connectivity index is 2.22. The highest BCUT2D eigenvalue weighted by molar-refractivity contribution is 7.95. The molecule has 0 spiro atoms. The number of allylic oxidation sites excluding steroid dienone is 1. The van der Waals surface area contributed by atoms with Crippen LogP contribution in [-0.2, 0) is 9.84 Å². The van der Waals surface area contributed by atoms with Crippen LogP contribution in [0.2, 0.25) is 0 Å². The van der Waals surface area contributed by atoms with Gasteiger partial charge in [-0.2, -0.15) is 5.26 Å². The van der Waals surface area contributed by atoms with E-state index in [-0.39, 0.29) is 9.80 Å². The van der Waals surface area contributed by atoms with Crippen LogP contribution in [0.25, 0.3) is 0 Å². The van der Waals surface area contributed by atoms with E-state index in [1.165, 1.54) is 12.3 Å². The fourth-order valence-electron chi connectivity index (χ4n) is 2.51. The molecule has 2 N–H and O–H groups in total. The zero-order valence-corrected chi connectivity index (χ0v) is 13.5. The first-order valence-corrected chi connectivity index (χ1v) is 8.49. The van der Waals surface area contributed by atoms with Crippen LogP contribution in [0, 0.1) is 18.3 Å². The zero-order valence-electron chi connectivity index (χ0n) is 12.7. The second-order valence-electron chi connectivity index (χ2n) is 5.36. The van der Waals surface area contributed by atoms with Gasteiger partial charge >= 0.3 is 0 Å². The van der Waals surface area contributed by atoms with Crippen molar-refractivity contribution in [1.82, 2.24) is 0 Å². The number of nitrogens with two attached hydrogens (primary N) is 1. The summed E-state index contributed by atoms with van der Waals surface area (Å²) in [5.41, 5.74) is 7.54. The van der Waals surface area contributed by atoms with Gasteiger partial charge in [-0.3, -0.25) is 4.79 Å². The number of nitriles is 1. The molecule has 120 valence electrons. The van der Waals surface area contributed by atoms with E-state index in [2.05, 4.69) is 0 Å².